The average molecular weight is 447 g/mol. The van der Waals surface area contributed by atoms with Crippen LogP contribution < -0.4 is 0 Å². The Labute approximate surface area is 192 Å². The number of hydrogen-bond donors (Lipinski definition) is 1. The molecular formula is C24H26N6OS. The van der Waals surface area contributed by atoms with E-state index < -0.39 is 0 Å². The van der Waals surface area contributed by atoms with Gasteiger partial charge in [0.2, 0.25) is 5.17 Å². The van der Waals surface area contributed by atoms with Gasteiger partial charge in [-0.25, -0.2) is 0 Å². The van der Waals surface area contributed by atoms with Gasteiger partial charge in [-0.2, -0.15) is 10.0 Å². The van der Waals surface area contributed by atoms with Crippen LogP contribution in [0.2, 0.25) is 0 Å². The van der Waals surface area contributed by atoms with E-state index in [1.165, 1.54) is 27.9 Å². The zero-order valence-electron chi connectivity index (χ0n) is 18.8. The molecule has 0 unspecified atom stereocenters. The molecule has 0 bridgehead atoms. The number of aliphatic imine (C=N–C) groups is 1. The van der Waals surface area contributed by atoms with Crippen LogP contribution >= 0.6 is 11.8 Å². The van der Waals surface area contributed by atoms with Gasteiger partial charge in [0.1, 0.15) is 0 Å². The van der Waals surface area contributed by atoms with Crippen LogP contribution in [0.15, 0.2) is 39.9 Å². The molecule has 0 atom stereocenters. The molecule has 32 heavy (non-hydrogen) atoms. The normalized spacial score (nSPS) is 19.7. The number of carbonyl (C=O) groups is 1. The summed E-state index contributed by atoms with van der Waals surface area (Å²) < 4.78 is 2.20. The molecule has 164 valence electrons. The van der Waals surface area contributed by atoms with Gasteiger partial charge < -0.3 is 9.47 Å². The molecule has 1 amide bonds. The zero-order valence-corrected chi connectivity index (χ0v) is 19.6. The smallest absolute Gasteiger partial charge is 0.283 e. The fourth-order valence-corrected chi connectivity index (χ4v) is 5.38. The first-order chi connectivity index (χ1) is 15.3. The van der Waals surface area contributed by atoms with Crippen LogP contribution in [0.1, 0.15) is 40.9 Å². The quantitative estimate of drug-likeness (QED) is 0.695. The van der Waals surface area contributed by atoms with E-state index >= 15 is 0 Å². The molecule has 1 N–H and O–H groups in total. The Balaban J connectivity index is 1.51. The minimum absolute atomic E-state index is 0.0817. The molecule has 1 saturated heterocycles. The van der Waals surface area contributed by atoms with E-state index in [1.54, 1.807) is 6.08 Å². The molecular weight excluding hydrogens is 420 g/mol. The monoisotopic (exact) mass is 446 g/mol. The number of likely N-dealkylation sites (tertiary alicyclic amines) is 1. The standard InChI is InChI=1S/C24H26N6OS/c1-14-7-8-15(2)20(11-14)29-16(3)12-18(17(29)4)13-19-21(25)30-23(26-22(19)31)32-24(27-30)28-9-5-6-10-28/h7-8,11-13,25H,5-6,9-10H2,1-4H3/b19-13-,25-21?. The molecule has 0 saturated carbocycles. The van der Waals surface area contributed by atoms with Gasteiger partial charge in [-0.1, -0.05) is 12.1 Å². The maximum atomic E-state index is 12.8. The zero-order chi connectivity index (χ0) is 22.6. The Hall–Kier alpha value is -3.13. The topological polar surface area (TPSA) is 77.1 Å². The summed E-state index contributed by atoms with van der Waals surface area (Å²) in [5.74, 6) is -0.304. The number of amides is 1. The number of aryl methyl sites for hydroxylation is 3. The number of rotatable bonds is 2. The summed E-state index contributed by atoms with van der Waals surface area (Å²) in [6, 6.07) is 8.46. The third kappa shape index (κ3) is 3.39. The second-order valence-corrected chi connectivity index (χ2v) is 9.48. The van der Waals surface area contributed by atoms with Crippen molar-refractivity contribution < 1.29 is 4.79 Å². The molecule has 4 heterocycles. The van der Waals surface area contributed by atoms with Gasteiger partial charge >= 0.3 is 0 Å². The summed E-state index contributed by atoms with van der Waals surface area (Å²) in [4.78, 5) is 19.3. The Kier molecular flexibility index (Phi) is 5.04. The fourth-order valence-electron chi connectivity index (χ4n) is 4.44. The predicted octanol–water partition coefficient (Wildman–Crippen LogP) is 4.38. The first kappa shape index (κ1) is 20.8. The van der Waals surface area contributed by atoms with Crippen LogP contribution in [0.5, 0.6) is 0 Å². The van der Waals surface area contributed by atoms with Gasteiger partial charge in [-0.3, -0.25) is 10.2 Å². The third-order valence-electron chi connectivity index (χ3n) is 6.20. The highest BCUT2D eigenvalue weighted by Gasteiger charge is 2.37. The molecule has 3 aliphatic rings. The first-order valence-corrected chi connectivity index (χ1v) is 11.7. The molecule has 0 aliphatic carbocycles. The molecule has 1 aromatic heterocycles. The summed E-state index contributed by atoms with van der Waals surface area (Å²) in [5, 5.41) is 16.1. The van der Waals surface area contributed by atoms with Crippen LogP contribution in [-0.4, -0.2) is 49.6 Å². The number of thioether (sulfide) groups is 1. The van der Waals surface area contributed by atoms with Crippen molar-refractivity contribution in [1.82, 2.24) is 14.5 Å². The predicted molar refractivity (Wildman–Crippen MR) is 131 cm³/mol. The lowest BCUT2D eigenvalue weighted by molar-refractivity contribution is -0.114. The molecule has 1 aromatic carbocycles. The molecule has 2 aromatic rings. The molecule has 1 fully saturated rings. The largest absolute Gasteiger partial charge is 0.349 e. The Bertz CT molecular complexity index is 1250. The number of hydrogen-bond acceptors (Lipinski definition) is 5. The van der Waals surface area contributed by atoms with Gasteiger partial charge in [-0.15, -0.1) is 5.10 Å². The van der Waals surface area contributed by atoms with E-state index in [2.05, 4.69) is 64.6 Å². The van der Waals surface area contributed by atoms with Crippen molar-refractivity contribution in [3.05, 3.63) is 57.9 Å². The lowest BCUT2D eigenvalue weighted by Crippen LogP contribution is -2.35. The van der Waals surface area contributed by atoms with Crippen LogP contribution in [0.25, 0.3) is 11.8 Å². The number of carbonyl (C=O) groups excluding carboxylic acids is 1. The molecule has 0 spiro atoms. The lowest BCUT2D eigenvalue weighted by Gasteiger charge is -2.20. The molecule has 7 nitrogen and oxygen atoms in total. The number of fused-ring (bicyclic) bond motifs is 1. The summed E-state index contributed by atoms with van der Waals surface area (Å²) in [5.41, 5.74) is 6.79. The van der Waals surface area contributed by atoms with E-state index in [0.29, 0.717) is 5.17 Å². The summed E-state index contributed by atoms with van der Waals surface area (Å²) >= 11 is 1.38. The van der Waals surface area contributed by atoms with E-state index in [-0.39, 0.29) is 17.3 Å². The lowest BCUT2D eigenvalue weighted by atomic mass is 10.1. The van der Waals surface area contributed by atoms with Crippen molar-refractivity contribution in [1.29, 1.82) is 5.41 Å². The number of aromatic nitrogens is 1. The number of amidine groups is 3. The van der Waals surface area contributed by atoms with Crippen LogP contribution in [-0.2, 0) is 4.79 Å². The number of nitrogens with zero attached hydrogens (tertiary/aromatic N) is 5. The third-order valence-corrected chi connectivity index (χ3v) is 7.17. The maximum Gasteiger partial charge on any atom is 0.283 e. The minimum Gasteiger partial charge on any atom is -0.349 e. The molecule has 3 aliphatic heterocycles. The number of nitrogens with one attached hydrogen (secondary N) is 1. The van der Waals surface area contributed by atoms with Gasteiger partial charge in [0.25, 0.3) is 5.91 Å². The second-order valence-electron chi connectivity index (χ2n) is 8.55. The SMILES string of the molecule is Cc1ccc(C)c(-n2c(C)cc(/C=C3/C(=N)N4N=C(N5CCCC5)SC4=NC3=O)c2C)c1. The maximum absolute atomic E-state index is 12.8. The van der Waals surface area contributed by atoms with E-state index in [0.717, 1.165) is 53.7 Å². The second kappa shape index (κ2) is 7.78. The Morgan fingerprint density at radius 2 is 1.81 bits per heavy atom. The van der Waals surface area contributed by atoms with E-state index in [4.69, 9.17) is 5.41 Å². The number of hydrazone groups is 1. The van der Waals surface area contributed by atoms with Crippen molar-refractivity contribution in [3.63, 3.8) is 0 Å². The van der Waals surface area contributed by atoms with Crippen LogP contribution in [0.4, 0.5) is 0 Å². The Morgan fingerprint density at radius 3 is 2.56 bits per heavy atom. The minimum atomic E-state index is -0.386. The molecule has 0 radical (unpaired) electrons. The van der Waals surface area contributed by atoms with Gasteiger partial charge in [0.15, 0.2) is 11.0 Å². The van der Waals surface area contributed by atoms with E-state index in [1.807, 2.05) is 6.92 Å². The van der Waals surface area contributed by atoms with Crippen molar-refractivity contribution in [2.75, 3.05) is 13.1 Å². The van der Waals surface area contributed by atoms with Crippen molar-refractivity contribution >= 4 is 39.9 Å². The first-order valence-electron chi connectivity index (χ1n) is 10.9. The highest BCUT2D eigenvalue weighted by atomic mass is 32.2. The molecule has 8 heteroatoms. The highest BCUT2D eigenvalue weighted by Crippen LogP contribution is 2.32. The van der Waals surface area contributed by atoms with Crippen LogP contribution in [0.3, 0.4) is 0 Å². The fraction of sp³-hybridized carbons (Fsp3) is 0.333. The van der Waals surface area contributed by atoms with Crippen LogP contribution in [0, 0.1) is 33.1 Å². The molecule has 5 rings (SSSR count). The summed E-state index contributed by atoms with van der Waals surface area (Å²) in [6.45, 7) is 10.2. The summed E-state index contributed by atoms with van der Waals surface area (Å²) in [6.07, 6.45) is 4.07. The average Bonchev–Trinajstić information content (AvgIpc) is 3.47. The summed E-state index contributed by atoms with van der Waals surface area (Å²) in [7, 11) is 0. The van der Waals surface area contributed by atoms with Gasteiger partial charge in [0.05, 0.1) is 5.57 Å². The van der Waals surface area contributed by atoms with Gasteiger partial charge in [0, 0.05) is 30.2 Å². The van der Waals surface area contributed by atoms with Crippen molar-refractivity contribution in [2.24, 2.45) is 10.1 Å². The Morgan fingerprint density at radius 1 is 1.06 bits per heavy atom. The highest BCUT2D eigenvalue weighted by molar-refractivity contribution is 8.26. The van der Waals surface area contributed by atoms with Gasteiger partial charge in [-0.05, 0) is 87.2 Å². The number of benzene rings is 1. The van der Waals surface area contributed by atoms with E-state index in [9.17, 15) is 4.79 Å². The van der Waals surface area contributed by atoms with Crippen molar-refractivity contribution in [3.8, 4) is 5.69 Å². The van der Waals surface area contributed by atoms with Crippen molar-refractivity contribution in [2.45, 2.75) is 40.5 Å².